The Labute approximate surface area is 188 Å². The van der Waals surface area contributed by atoms with E-state index in [0.29, 0.717) is 6.54 Å². The summed E-state index contributed by atoms with van der Waals surface area (Å²) in [4.78, 5) is 14.6. The van der Waals surface area contributed by atoms with Crippen molar-refractivity contribution in [3.05, 3.63) is 35.6 Å². The molecule has 1 unspecified atom stereocenters. The molecule has 0 aromatic heterocycles. The second-order valence-electron chi connectivity index (χ2n) is 11.0. The van der Waals surface area contributed by atoms with Crippen LogP contribution in [-0.4, -0.2) is 50.8 Å². The average molecular weight is 449 g/mol. The second-order valence-corrected chi connectivity index (χ2v) is 13.0. The van der Waals surface area contributed by atoms with Gasteiger partial charge < -0.3 is 14.4 Å². The van der Waals surface area contributed by atoms with Gasteiger partial charge in [-0.25, -0.2) is 4.39 Å². The van der Waals surface area contributed by atoms with Gasteiger partial charge in [-0.15, -0.1) is 0 Å². The fourth-order valence-electron chi connectivity index (χ4n) is 5.70. The van der Waals surface area contributed by atoms with Gasteiger partial charge in [0.2, 0.25) is 9.04 Å². The molecular formula is C25H39FNO3Si. The summed E-state index contributed by atoms with van der Waals surface area (Å²) in [6, 6.07) is 6.94. The highest BCUT2D eigenvalue weighted by molar-refractivity contribution is 6.48. The third-order valence-electron chi connectivity index (χ3n) is 7.11. The Morgan fingerprint density at radius 2 is 1.94 bits per heavy atom. The van der Waals surface area contributed by atoms with Gasteiger partial charge in [0, 0.05) is 31.5 Å². The predicted molar refractivity (Wildman–Crippen MR) is 124 cm³/mol. The van der Waals surface area contributed by atoms with Crippen molar-refractivity contribution >= 4 is 15.0 Å². The summed E-state index contributed by atoms with van der Waals surface area (Å²) in [7, 11) is -0.921. The molecule has 4 nitrogen and oxygen atoms in total. The van der Waals surface area contributed by atoms with Gasteiger partial charge in [-0.3, -0.25) is 4.79 Å². The van der Waals surface area contributed by atoms with Crippen molar-refractivity contribution in [3.8, 4) is 0 Å². The number of hydrogen-bond acceptors (Lipinski definition) is 3. The standard InChI is InChI=1S/C25H39FNO3Si/c1-24(2,3)22(30-31(4)5)21-16-27(15-20(21)18-10-9-11-19(26)14-18)17-25(23(28)29)12-7-6-8-13-25/h9-11,14,20-22H,6-8,12-13,15-17H2,1-5H3,(H,28,29)/t20-,21+,22?/m1/s1. The molecule has 0 amide bonds. The molecule has 1 radical (unpaired) electrons. The molecule has 1 N–H and O–H groups in total. The highest BCUT2D eigenvalue weighted by atomic mass is 28.3. The number of halogens is 1. The number of carbonyl (C=O) groups is 1. The van der Waals surface area contributed by atoms with E-state index in [-0.39, 0.29) is 29.2 Å². The third kappa shape index (κ3) is 5.77. The lowest BCUT2D eigenvalue weighted by molar-refractivity contribution is -0.152. The Hall–Kier alpha value is -1.24. The van der Waals surface area contributed by atoms with Crippen molar-refractivity contribution in [2.45, 2.75) is 78.0 Å². The van der Waals surface area contributed by atoms with Crippen LogP contribution in [-0.2, 0) is 9.22 Å². The molecule has 1 aromatic carbocycles. The topological polar surface area (TPSA) is 49.8 Å². The number of rotatable bonds is 7. The molecule has 3 rings (SSSR count). The van der Waals surface area contributed by atoms with Crippen LogP contribution < -0.4 is 0 Å². The zero-order chi connectivity index (χ0) is 22.8. The van der Waals surface area contributed by atoms with E-state index in [0.717, 1.165) is 50.8 Å². The molecule has 2 fully saturated rings. The van der Waals surface area contributed by atoms with Crippen LogP contribution in [0.1, 0.15) is 64.4 Å². The fourth-order valence-corrected chi connectivity index (χ4v) is 6.73. The normalized spacial score (nSPS) is 25.6. The molecule has 2 aliphatic rings. The lowest BCUT2D eigenvalue weighted by Crippen LogP contribution is -2.45. The molecule has 173 valence electrons. The molecule has 3 atom stereocenters. The van der Waals surface area contributed by atoms with E-state index in [1.54, 1.807) is 12.1 Å². The molecule has 1 aliphatic heterocycles. The summed E-state index contributed by atoms with van der Waals surface area (Å²) in [6.45, 7) is 13.1. The number of carboxylic acids is 1. The lowest BCUT2D eigenvalue weighted by Gasteiger charge is -2.39. The van der Waals surface area contributed by atoms with Crippen LogP contribution in [0.3, 0.4) is 0 Å². The van der Waals surface area contributed by atoms with Gasteiger partial charge >= 0.3 is 5.97 Å². The Balaban J connectivity index is 1.92. The molecule has 1 saturated carbocycles. The van der Waals surface area contributed by atoms with E-state index in [2.05, 4.69) is 38.8 Å². The van der Waals surface area contributed by atoms with Gasteiger partial charge in [0.15, 0.2) is 0 Å². The minimum atomic E-state index is -0.921. The SMILES string of the molecule is C[Si](C)OC([C@H]1CN(CC2(C(=O)O)CCCCC2)C[C@@H]1c1cccc(F)c1)C(C)(C)C. The molecule has 0 spiro atoms. The lowest BCUT2D eigenvalue weighted by atomic mass is 9.73. The van der Waals surface area contributed by atoms with Crippen LogP contribution in [0.15, 0.2) is 24.3 Å². The van der Waals surface area contributed by atoms with E-state index in [1.807, 2.05) is 6.07 Å². The van der Waals surface area contributed by atoms with Crippen LogP contribution in [0.25, 0.3) is 0 Å². The zero-order valence-corrected chi connectivity index (χ0v) is 20.8. The van der Waals surface area contributed by atoms with E-state index in [1.165, 1.54) is 6.07 Å². The fraction of sp³-hybridized carbons (Fsp3) is 0.720. The number of hydrogen-bond donors (Lipinski definition) is 1. The van der Waals surface area contributed by atoms with Crippen LogP contribution in [0.4, 0.5) is 4.39 Å². The molecular weight excluding hydrogens is 409 g/mol. The minimum Gasteiger partial charge on any atom is -0.481 e. The van der Waals surface area contributed by atoms with Crippen molar-refractivity contribution in [2.75, 3.05) is 19.6 Å². The smallest absolute Gasteiger partial charge is 0.310 e. The monoisotopic (exact) mass is 448 g/mol. The molecule has 31 heavy (non-hydrogen) atoms. The average Bonchev–Trinajstić information content (AvgIpc) is 3.09. The summed E-state index contributed by atoms with van der Waals surface area (Å²) in [5.41, 5.74) is 0.297. The van der Waals surface area contributed by atoms with Crippen molar-refractivity contribution in [1.82, 2.24) is 4.90 Å². The quantitative estimate of drug-likeness (QED) is 0.555. The van der Waals surface area contributed by atoms with E-state index < -0.39 is 20.4 Å². The Bertz CT molecular complexity index is 757. The Kier molecular flexibility index (Phi) is 7.65. The van der Waals surface area contributed by atoms with Crippen molar-refractivity contribution in [1.29, 1.82) is 0 Å². The van der Waals surface area contributed by atoms with E-state index in [4.69, 9.17) is 4.43 Å². The molecule has 1 aliphatic carbocycles. The van der Waals surface area contributed by atoms with E-state index >= 15 is 0 Å². The van der Waals surface area contributed by atoms with Crippen molar-refractivity contribution < 1.29 is 18.7 Å². The maximum atomic E-state index is 14.1. The summed E-state index contributed by atoms with van der Waals surface area (Å²) in [6.07, 6.45) is 4.65. The summed E-state index contributed by atoms with van der Waals surface area (Å²) >= 11 is 0. The maximum Gasteiger partial charge on any atom is 0.310 e. The van der Waals surface area contributed by atoms with Crippen LogP contribution in [0.5, 0.6) is 0 Å². The highest BCUT2D eigenvalue weighted by Gasteiger charge is 2.48. The molecule has 1 saturated heterocycles. The van der Waals surface area contributed by atoms with Gasteiger partial charge in [-0.05, 0) is 49.0 Å². The van der Waals surface area contributed by atoms with Crippen LogP contribution in [0, 0.1) is 22.6 Å². The van der Waals surface area contributed by atoms with E-state index in [9.17, 15) is 14.3 Å². The van der Waals surface area contributed by atoms with Gasteiger partial charge in [0.1, 0.15) is 5.82 Å². The van der Waals surface area contributed by atoms with Gasteiger partial charge in [-0.1, -0.05) is 52.2 Å². The first-order valence-corrected chi connectivity index (χ1v) is 14.1. The highest BCUT2D eigenvalue weighted by Crippen LogP contribution is 2.45. The first-order valence-electron chi connectivity index (χ1n) is 11.7. The molecule has 1 aromatic rings. The summed E-state index contributed by atoms with van der Waals surface area (Å²) in [5.74, 6) is -0.533. The van der Waals surface area contributed by atoms with Crippen molar-refractivity contribution in [2.24, 2.45) is 16.7 Å². The predicted octanol–water partition coefficient (Wildman–Crippen LogP) is 5.56. The summed E-state index contributed by atoms with van der Waals surface area (Å²) in [5, 5.41) is 10.1. The van der Waals surface area contributed by atoms with Gasteiger partial charge in [0.25, 0.3) is 0 Å². The number of benzene rings is 1. The first-order chi connectivity index (χ1) is 14.5. The molecule has 6 heteroatoms. The van der Waals surface area contributed by atoms with Crippen molar-refractivity contribution in [3.63, 3.8) is 0 Å². The largest absolute Gasteiger partial charge is 0.481 e. The molecule has 0 bridgehead atoms. The van der Waals surface area contributed by atoms with Gasteiger partial charge in [0.05, 0.1) is 11.5 Å². The summed E-state index contributed by atoms with van der Waals surface area (Å²) < 4.78 is 20.7. The third-order valence-corrected chi connectivity index (χ3v) is 7.84. The van der Waals surface area contributed by atoms with Crippen LogP contribution >= 0.6 is 0 Å². The number of carboxylic acid groups (broad SMARTS) is 1. The number of aliphatic carboxylic acids is 1. The number of likely N-dealkylation sites (tertiary alicyclic amines) is 1. The minimum absolute atomic E-state index is 0.0433. The Morgan fingerprint density at radius 1 is 1.26 bits per heavy atom. The Morgan fingerprint density at radius 3 is 2.48 bits per heavy atom. The maximum absolute atomic E-state index is 14.1. The molecule has 1 heterocycles. The first kappa shape index (κ1) is 24.4. The second kappa shape index (κ2) is 9.71. The van der Waals surface area contributed by atoms with Crippen LogP contribution in [0.2, 0.25) is 13.1 Å². The zero-order valence-electron chi connectivity index (χ0n) is 19.8. The van der Waals surface area contributed by atoms with Gasteiger partial charge in [-0.2, -0.15) is 0 Å². The number of nitrogens with zero attached hydrogens (tertiary/aromatic N) is 1.